The van der Waals surface area contributed by atoms with Gasteiger partial charge in [0.25, 0.3) is 0 Å². The van der Waals surface area contributed by atoms with E-state index in [9.17, 15) is 13.2 Å². The van der Waals surface area contributed by atoms with Crippen molar-refractivity contribution in [2.45, 2.75) is 115 Å². The number of hydrogen-bond donors (Lipinski definition) is 0. The number of benzene rings is 1. The van der Waals surface area contributed by atoms with Crippen molar-refractivity contribution >= 4 is 32.9 Å². The quantitative estimate of drug-likeness (QED) is 0.230. The summed E-state index contributed by atoms with van der Waals surface area (Å²) < 4.78 is 55.1. The second-order valence-corrected chi connectivity index (χ2v) is 19.2. The van der Waals surface area contributed by atoms with Gasteiger partial charge in [-0.25, -0.2) is 0 Å². The third-order valence-corrected chi connectivity index (χ3v) is 14.7. The highest BCUT2D eigenvalue weighted by Gasteiger charge is 2.50. The lowest BCUT2D eigenvalue weighted by atomic mass is 9.70. The Morgan fingerprint density at radius 1 is 1.00 bits per heavy atom. The standard InChI is InChI=1S/C33H45F3INO2S/c1-30(2,3)41(7,8)40-24-18-31(4,5)17-23-26(24)25(20-11-9-10-12-20)27-28(39-32(6,19-37)29(27)38-23)21-13-15-22(16-14-21)33(34,35)36/h13-16,20,24,28H,9-12,17-19H2,1-8H3. The maximum absolute atomic E-state index is 13.4. The summed E-state index contributed by atoms with van der Waals surface area (Å²) in [5, 5.41) is 0. The Morgan fingerprint density at radius 3 is 2.15 bits per heavy atom. The van der Waals surface area contributed by atoms with Gasteiger partial charge in [0.15, 0.2) is 0 Å². The number of hydrogen-bond acceptors (Lipinski definition) is 3. The molecule has 0 N–H and O–H groups in total. The van der Waals surface area contributed by atoms with Crippen LogP contribution in [0.4, 0.5) is 13.2 Å². The van der Waals surface area contributed by atoms with Crippen LogP contribution >= 0.6 is 32.9 Å². The largest absolute Gasteiger partial charge is 0.416 e. The Balaban J connectivity index is 1.75. The van der Waals surface area contributed by atoms with Crippen molar-refractivity contribution in [2.24, 2.45) is 5.41 Å². The summed E-state index contributed by atoms with van der Waals surface area (Å²) in [7, 11) is -1.42. The van der Waals surface area contributed by atoms with Crippen LogP contribution in [0, 0.1) is 5.41 Å². The molecule has 2 aromatic rings. The monoisotopic (exact) mass is 703 g/mol. The fourth-order valence-corrected chi connectivity index (χ4v) is 8.27. The van der Waals surface area contributed by atoms with E-state index < -0.39 is 33.8 Å². The van der Waals surface area contributed by atoms with Crippen molar-refractivity contribution in [1.29, 1.82) is 0 Å². The Morgan fingerprint density at radius 2 is 1.61 bits per heavy atom. The summed E-state index contributed by atoms with van der Waals surface area (Å²) in [5.74, 6) is 0.373. The number of halogens is 4. The molecular formula is C33H45F3INO2S. The molecule has 3 unspecified atom stereocenters. The van der Waals surface area contributed by atoms with Crippen molar-refractivity contribution < 1.29 is 22.1 Å². The van der Waals surface area contributed by atoms with Gasteiger partial charge in [-0.1, -0.05) is 82.2 Å². The van der Waals surface area contributed by atoms with Gasteiger partial charge in [-0.05, 0) is 79.7 Å². The van der Waals surface area contributed by atoms with Crippen LogP contribution in [0.1, 0.15) is 131 Å². The smallest absolute Gasteiger partial charge is 0.355 e. The molecule has 1 aliphatic heterocycles. The predicted molar refractivity (Wildman–Crippen MR) is 171 cm³/mol. The van der Waals surface area contributed by atoms with Crippen LogP contribution in [-0.2, 0) is 27.1 Å². The van der Waals surface area contributed by atoms with Crippen molar-refractivity contribution in [3.63, 3.8) is 0 Å². The van der Waals surface area contributed by atoms with Crippen LogP contribution < -0.4 is 0 Å². The van der Waals surface area contributed by atoms with E-state index in [4.69, 9.17) is 13.9 Å². The lowest BCUT2D eigenvalue weighted by molar-refractivity contribution is -0.137. The van der Waals surface area contributed by atoms with E-state index in [-0.39, 0.29) is 16.3 Å². The predicted octanol–water partition coefficient (Wildman–Crippen LogP) is 10.3. The second kappa shape index (κ2) is 10.7. The highest BCUT2D eigenvalue weighted by molar-refractivity contribution is 14.1. The molecule has 1 fully saturated rings. The Hall–Kier alpha value is -0.840. The minimum atomic E-state index is -4.38. The van der Waals surface area contributed by atoms with Crippen molar-refractivity contribution in [1.82, 2.24) is 4.98 Å². The van der Waals surface area contributed by atoms with E-state index in [0.29, 0.717) is 10.3 Å². The zero-order chi connectivity index (χ0) is 30.2. The molecule has 5 rings (SSSR count). The van der Waals surface area contributed by atoms with Gasteiger partial charge in [0.05, 0.1) is 17.4 Å². The SMILES string of the molecule is CC1(C)Cc2nc3c(c(C4CCCC4)c2C(OS(C)(C)C(C)(C)C)C1)C(c1ccc(C(F)(F)F)cc1)OC3(C)CI. The van der Waals surface area contributed by atoms with Gasteiger partial charge in [0.2, 0.25) is 0 Å². The molecule has 0 bridgehead atoms. The van der Waals surface area contributed by atoms with Gasteiger partial charge in [-0.15, -0.1) is 10.3 Å². The molecule has 3 atom stereocenters. The normalized spacial score (nSPS) is 27.1. The third-order valence-electron chi connectivity index (χ3n) is 9.63. The zero-order valence-corrected chi connectivity index (χ0v) is 28.6. The lowest BCUT2D eigenvalue weighted by Crippen LogP contribution is -2.34. The van der Waals surface area contributed by atoms with E-state index in [1.165, 1.54) is 36.1 Å². The summed E-state index contributed by atoms with van der Waals surface area (Å²) in [6, 6.07) is 5.56. The zero-order valence-electron chi connectivity index (χ0n) is 25.7. The van der Waals surface area contributed by atoms with E-state index in [0.717, 1.165) is 48.2 Å². The summed E-state index contributed by atoms with van der Waals surface area (Å²) in [5.41, 5.74) is 5.28. The molecule has 1 aromatic heterocycles. The molecule has 3 nitrogen and oxygen atoms in total. The van der Waals surface area contributed by atoms with Crippen LogP contribution in [0.3, 0.4) is 0 Å². The van der Waals surface area contributed by atoms with Crippen molar-refractivity contribution in [3.8, 4) is 0 Å². The Bertz CT molecular complexity index is 1300. The van der Waals surface area contributed by atoms with E-state index in [2.05, 4.69) is 76.6 Å². The highest BCUT2D eigenvalue weighted by Crippen LogP contribution is 2.62. The fourth-order valence-electron chi connectivity index (χ4n) is 6.70. The topological polar surface area (TPSA) is 31.4 Å². The molecule has 0 radical (unpaired) electrons. The molecule has 41 heavy (non-hydrogen) atoms. The molecule has 228 valence electrons. The average Bonchev–Trinajstić information content (AvgIpc) is 3.48. The van der Waals surface area contributed by atoms with Gasteiger partial charge < -0.3 is 8.92 Å². The first-order chi connectivity index (χ1) is 18.9. The molecule has 2 aliphatic carbocycles. The molecule has 0 saturated heterocycles. The van der Waals surface area contributed by atoms with Crippen LogP contribution in [0.5, 0.6) is 0 Å². The van der Waals surface area contributed by atoms with Crippen LogP contribution in [-0.4, -0.2) is 26.7 Å². The van der Waals surface area contributed by atoms with E-state index in [1.807, 2.05) is 0 Å². The second-order valence-electron chi connectivity index (χ2n) is 14.6. The molecule has 1 aromatic carbocycles. The molecule has 1 saturated carbocycles. The number of pyridine rings is 1. The highest BCUT2D eigenvalue weighted by atomic mass is 127. The summed E-state index contributed by atoms with van der Waals surface area (Å²) >= 11 is 2.37. The molecule has 0 amide bonds. The lowest BCUT2D eigenvalue weighted by Gasteiger charge is -2.49. The number of fused-ring (bicyclic) bond motifs is 2. The molecule has 0 spiro atoms. The number of alkyl halides is 4. The van der Waals surface area contributed by atoms with Gasteiger partial charge in [-0.2, -0.15) is 13.2 Å². The number of nitrogens with zero attached hydrogens (tertiary/aromatic N) is 1. The van der Waals surface area contributed by atoms with Crippen LogP contribution in [0.15, 0.2) is 24.3 Å². The number of ether oxygens (including phenoxy) is 1. The van der Waals surface area contributed by atoms with Gasteiger partial charge in [0, 0.05) is 26.0 Å². The average molecular weight is 704 g/mol. The van der Waals surface area contributed by atoms with Crippen molar-refractivity contribution in [2.75, 3.05) is 16.9 Å². The summed E-state index contributed by atoms with van der Waals surface area (Å²) in [6.07, 6.45) is 6.00. The number of aromatic nitrogens is 1. The first-order valence-electron chi connectivity index (χ1n) is 14.8. The maximum atomic E-state index is 13.4. The summed E-state index contributed by atoms with van der Waals surface area (Å²) in [4.78, 5) is 5.44. The summed E-state index contributed by atoms with van der Waals surface area (Å²) in [6.45, 7) is 13.5. The first-order valence-corrected chi connectivity index (χ1v) is 18.7. The number of rotatable bonds is 5. The van der Waals surface area contributed by atoms with Gasteiger partial charge in [-0.3, -0.25) is 4.98 Å². The van der Waals surface area contributed by atoms with Crippen LogP contribution in [0.2, 0.25) is 0 Å². The van der Waals surface area contributed by atoms with E-state index >= 15 is 0 Å². The first kappa shape index (κ1) is 31.6. The molecule has 2 heterocycles. The van der Waals surface area contributed by atoms with Gasteiger partial charge >= 0.3 is 6.18 Å². The Kier molecular flexibility index (Phi) is 8.21. The van der Waals surface area contributed by atoms with Gasteiger partial charge in [0.1, 0.15) is 11.7 Å². The third kappa shape index (κ3) is 5.85. The van der Waals surface area contributed by atoms with Crippen LogP contribution in [0.25, 0.3) is 0 Å². The molecule has 3 aliphatic rings. The Labute approximate surface area is 259 Å². The molecular weight excluding hydrogens is 658 g/mol. The fraction of sp³-hybridized carbons (Fsp3) is 0.667. The maximum Gasteiger partial charge on any atom is 0.416 e. The minimum absolute atomic E-state index is 0.0120. The molecule has 8 heteroatoms. The minimum Gasteiger partial charge on any atom is -0.355 e. The van der Waals surface area contributed by atoms with Crippen molar-refractivity contribution in [3.05, 3.63) is 63.5 Å². The van der Waals surface area contributed by atoms with E-state index in [1.54, 1.807) is 12.1 Å².